The summed E-state index contributed by atoms with van der Waals surface area (Å²) in [4.78, 5) is 15.7. The largest absolute Gasteiger partial charge is 0.417 e. The lowest BCUT2D eigenvalue weighted by molar-refractivity contribution is -0.137. The minimum Gasteiger partial charge on any atom is -0.382 e. The van der Waals surface area contributed by atoms with Gasteiger partial charge in [-0.1, -0.05) is 6.58 Å². The van der Waals surface area contributed by atoms with Crippen molar-refractivity contribution in [3.8, 4) is 11.1 Å². The minimum absolute atomic E-state index is 0.0110. The van der Waals surface area contributed by atoms with E-state index < -0.39 is 40.5 Å². The molecule has 2 aromatic rings. The fourth-order valence-electron chi connectivity index (χ4n) is 5.05. The van der Waals surface area contributed by atoms with Crippen molar-refractivity contribution in [2.45, 2.75) is 43.0 Å². The lowest BCUT2D eigenvalue weighted by atomic mass is 9.93. The number of thioether (sulfide) groups is 1. The number of carbonyl (C=O) groups excluding carboxylic acids is 1. The Balaban J connectivity index is 1.89. The zero-order chi connectivity index (χ0) is 27.9. The Morgan fingerprint density at radius 2 is 1.87 bits per heavy atom. The van der Waals surface area contributed by atoms with Crippen LogP contribution in [-0.4, -0.2) is 65.1 Å². The Kier molecular flexibility index (Phi) is 7.76. The molecular formula is C26H28F5N5OS. The van der Waals surface area contributed by atoms with E-state index >= 15 is 0 Å². The maximum atomic E-state index is 14.9. The van der Waals surface area contributed by atoms with Crippen LogP contribution >= 0.6 is 11.8 Å². The monoisotopic (exact) mass is 553 g/mol. The Morgan fingerprint density at radius 3 is 2.45 bits per heavy atom. The first-order chi connectivity index (χ1) is 17.8. The number of nitrogens with zero attached hydrogens (tertiary/aromatic N) is 2. The van der Waals surface area contributed by atoms with Crippen LogP contribution in [0.2, 0.25) is 0 Å². The van der Waals surface area contributed by atoms with Gasteiger partial charge in [-0.05, 0) is 38.1 Å². The Bertz CT molecular complexity index is 1270. The second-order valence-electron chi connectivity index (χ2n) is 9.53. The first kappa shape index (κ1) is 27.9. The number of anilines is 1. The van der Waals surface area contributed by atoms with Crippen molar-refractivity contribution < 1.29 is 26.7 Å². The molecule has 2 heterocycles. The van der Waals surface area contributed by atoms with E-state index in [9.17, 15) is 26.7 Å². The van der Waals surface area contributed by atoms with Gasteiger partial charge in [-0.3, -0.25) is 10.2 Å². The van der Waals surface area contributed by atoms with Crippen LogP contribution in [0.3, 0.4) is 0 Å². The number of benzene rings is 2. The molecule has 3 atom stereocenters. The maximum absolute atomic E-state index is 14.9. The number of hydrogen-bond donors (Lipinski definition) is 3. The smallest absolute Gasteiger partial charge is 0.382 e. The third-order valence-electron chi connectivity index (χ3n) is 6.69. The molecule has 2 aliphatic rings. The number of carbonyl (C=O) groups is 1. The lowest BCUT2D eigenvalue weighted by Crippen LogP contribution is -2.59. The van der Waals surface area contributed by atoms with Gasteiger partial charge >= 0.3 is 6.18 Å². The van der Waals surface area contributed by atoms with Crippen LogP contribution in [0.4, 0.5) is 27.6 Å². The number of halogens is 5. The second kappa shape index (κ2) is 10.6. The third-order valence-corrected chi connectivity index (χ3v) is 7.98. The molecule has 2 aliphatic heterocycles. The number of piperazine rings is 1. The standard InChI is InChI=1S/C26H28F5N5OS/c1-4-21(37)36-13(2)10-35(11-14(36)3)25(33)18-8-19(26(29,30)31)22(17-6-5-15(27)7-20(17)28)24-23(18)34-9-16(32)12-38-24/h4-8,13-14,16,33-34H,1,9-12,32H2,2-3H3/t13-,14+,16?. The summed E-state index contributed by atoms with van der Waals surface area (Å²) in [5.41, 5.74) is 4.39. The summed E-state index contributed by atoms with van der Waals surface area (Å²) in [6.07, 6.45) is -3.69. The van der Waals surface area contributed by atoms with Crippen molar-refractivity contribution >= 4 is 29.2 Å². The van der Waals surface area contributed by atoms with Gasteiger partial charge in [-0.2, -0.15) is 13.2 Å². The van der Waals surface area contributed by atoms with Crippen molar-refractivity contribution in [2.75, 3.05) is 30.7 Å². The summed E-state index contributed by atoms with van der Waals surface area (Å²) >= 11 is 1.04. The van der Waals surface area contributed by atoms with Crippen molar-refractivity contribution in [3.05, 3.63) is 59.7 Å². The Morgan fingerprint density at radius 1 is 1.21 bits per heavy atom. The van der Waals surface area contributed by atoms with Crippen molar-refractivity contribution in [1.29, 1.82) is 5.41 Å². The van der Waals surface area contributed by atoms with Crippen molar-refractivity contribution in [3.63, 3.8) is 0 Å². The quantitative estimate of drug-likeness (QED) is 0.217. The summed E-state index contributed by atoms with van der Waals surface area (Å²) < 4.78 is 72.0. The van der Waals surface area contributed by atoms with Crippen LogP contribution in [0.1, 0.15) is 25.0 Å². The van der Waals surface area contributed by atoms with Gasteiger partial charge in [0.05, 0.1) is 11.3 Å². The highest BCUT2D eigenvalue weighted by atomic mass is 32.2. The molecule has 0 saturated carbocycles. The molecule has 204 valence electrons. The van der Waals surface area contributed by atoms with Gasteiger partial charge < -0.3 is 20.9 Å². The fraction of sp³-hybridized carbons (Fsp3) is 0.385. The first-order valence-corrected chi connectivity index (χ1v) is 13.0. The van der Waals surface area contributed by atoms with Gasteiger partial charge in [0.15, 0.2) is 0 Å². The second-order valence-corrected chi connectivity index (χ2v) is 10.6. The van der Waals surface area contributed by atoms with E-state index in [1.54, 1.807) is 23.6 Å². The molecule has 4 rings (SSSR count). The topological polar surface area (TPSA) is 85.5 Å². The number of fused-ring (bicyclic) bond motifs is 1. The maximum Gasteiger partial charge on any atom is 0.417 e. The molecule has 1 saturated heterocycles. The highest BCUT2D eigenvalue weighted by molar-refractivity contribution is 7.99. The zero-order valence-corrected chi connectivity index (χ0v) is 21.6. The molecule has 1 amide bonds. The van der Waals surface area contributed by atoms with E-state index in [4.69, 9.17) is 11.1 Å². The summed E-state index contributed by atoms with van der Waals surface area (Å²) in [6, 6.07) is 2.23. The van der Waals surface area contributed by atoms with Gasteiger partial charge in [-0.15, -0.1) is 11.8 Å². The van der Waals surface area contributed by atoms with Crippen LogP contribution in [0.5, 0.6) is 0 Å². The van der Waals surface area contributed by atoms with E-state index in [0.29, 0.717) is 6.07 Å². The number of amidine groups is 1. The number of nitrogens with one attached hydrogen (secondary N) is 2. The van der Waals surface area contributed by atoms with Gasteiger partial charge in [0, 0.05) is 71.2 Å². The van der Waals surface area contributed by atoms with E-state index in [0.717, 1.165) is 30.0 Å². The van der Waals surface area contributed by atoms with E-state index in [2.05, 4.69) is 11.9 Å². The molecule has 0 aliphatic carbocycles. The van der Waals surface area contributed by atoms with Crippen LogP contribution in [0.25, 0.3) is 11.1 Å². The molecule has 4 N–H and O–H groups in total. The van der Waals surface area contributed by atoms with Gasteiger partial charge in [0.2, 0.25) is 5.91 Å². The molecule has 38 heavy (non-hydrogen) atoms. The zero-order valence-electron chi connectivity index (χ0n) is 20.8. The number of alkyl halides is 3. The van der Waals surface area contributed by atoms with Crippen LogP contribution in [0.15, 0.2) is 41.8 Å². The molecule has 2 aromatic carbocycles. The van der Waals surface area contributed by atoms with Gasteiger partial charge in [0.1, 0.15) is 17.5 Å². The molecule has 0 aromatic heterocycles. The molecule has 12 heteroatoms. The normalized spacial score (nSPS) is 21.8. The average Bonchev–Trinajstić information content (AvgIpc) is 3.03. The predicted octanol–water partition coefficient (Wildman–Crippen LogP) is 4.93. The van der Waals surface area contributed by atoms with Crippen LogP contribution in [-0.2, 0) is 11.0 Å². The predicted molar refractivity (Wildman–Crippen MR) is 138 cm³/mol. The summed E-state index contributed by atoms with van der Waals surface area (Å²) in [5.74, 6) is -2.21. The van der Waals surface area contributed by atoms with E-state index in [-0.39, 0.29) is 65.4 Å². The van der Waals surface area contributed by atoms with E-state index in [1.807, 2.05) is 0 Å². The molecule has 0 bridgehead atoms. The number of amides is 1. The third kappa shape index (κ3) is 5.24. The number of rotatable bonds is 3. The summed E-state index contributed by atoms with van der Waals surface area (Å²) in [7, 11) is 0. The minimum atomic E-state index is -4.90. The van der Waals surface area contributed by atoms with E-state index in [1.165, 1.54) is 6.08 Å². The highest BCUT2D eigenvalue weighted by Crippen LogP contribution is 2.49. The Labute approximate surface area is 221 Å². The molecular weight excluding hydrogens is 525 g/mol. The van der Waals surface area contributed by atoms with Gasteiger partial charge in [-0.25, -0.2) is 8.78 Å². The average molecular weight is 554 g/mol. The highest BCUT2D eigenvalue weighted by Gasteiger charge is 2.40. The molecule has 1 fully saturated rings. The van der Waals surface area contributed by atoms with Gasteiger partial charge in [0.25, 0.3) is 0 Å². The number of hydrogen-bond acceptors (Lipinski definition) is 5. The Hall–Kier alpha value is -3.12. The van der Waals surface area contributed by atoms with Crippen molar-refractivity contribution in [1.82, 2.24) is 9.80 Å². The van der Waals surface area contributed by atoms with Crippen LogP contribution < -0.4 is 11.1 Å². The summed E-state index contributed by atoms with van der Waals surface area (Å²) in [6.45, 7) is 7.79. The van der Waals surface area contributed by atoms with Crippen LogP contribution in [0, 0.1) is 17.0 Å². The molecule has 0 spiro atoms. The fourth-order valence-corrected chi connectivity index (χ4v) is 6.24. The molecule has 1 unspecified atom stereocenters. The summed E-state index contributed by atoms with van der Waals surface area (Å²) in [5, 5.41) is 12.0. The molecule has 0 radical (unpaired) electrons. The lowest BCUT2D eigenvalue weighted by Gasteiger charge is -2.45. The molecule has 6 nitrogen and oxygen atoms in total. The SMILES string of the molecule is C=CC(=O)N1[C@H](C)CN(C(=N)c2cc(C(F)(F)F)c(-c3ccc(F)cc3F)c3c2NCC(N)CS3)C[C@@H]1C. The first-order valence-electron chi connectivity index (χ1n) is 12.0. The number of nitrogens with two attached hydrogens (primary N) is 1. The van der Waals surface area contributed by atoms with Crippen molar-refractivity contribution in [2.24, 2.45) is 5.73 Å².